The summed E-state index contributed by atoms with van der Waals surface area (Å²) >= 11 is -0.156. The molecule has 6 heteroatoms. The molecule has 1 unspecified atom stereocenters. The molecule has 0 aromatic heterocycles. The van der Waals surface area contributed by atoms with E-state index in [1.165, 1.54) is 12.1 Å². The van der Waals surface area contributed by atoms with Gasteiger partial charge in [-0.05, 0) is 59.6 Å². The number of ketones is 1. The average Bonchev–Trinajstić information content (AvgIpc) is 2.83. The van der Waals surface area contributed by atoms with E-state index in [0.29, 0.717) is 17.7 Å². The molecule has 2 aromatic rings. The predicted molar refractivity (Wildman–Crippen MR) is 82.1 cm³/mol. The molecule has 0 spiro atoms. The van der Waals surface area contributed by atoms with Crippen LogP contribution in [0.1, 0.15) is 27.4 Å². The monoisotopic (exact) mass is 338 g/mol. The van der Waals surface area contributed by atoms with Crippen molar-refractivity contribution in [2.24, 2.45) is 0 Å². The normalized spacial score (nSPS) is 17.2. The number of fused-ring (bicyclic) bond motifs is 1. The molecule has 1 aliphatic carbocycles. The Balaban J connectivity index is 1.82. The van der Waals surface area contributed by atoms with Crippen LogP contribution in [0.2, 0.25) is 0 Å². The summed E-state index contributed by atoms with van der Waals surface area (Å²) in [5.41, 5.74) is -2.01. The summed E-state index contributed by atoms with van der Waals surface area (Å²) in [4.78, 5) is 12.6. The lowest BCUT2D eigenvalue weighted by atomic mass is 9.95. The summed E-state index contributed by atoms with van der Waals surface area (Å²) in [6.07, 6.45) is 0.539. The number of carbonyl (C=O) groups is 1. The Kier molecular flexibility index (Phi) is 4.10. The highest BCUT2D eigenvalue weighted by Crippen LogP contribution is 2.39. The van der Waals surface area contributed by atoms with Gasteiger partial charge in [0.15, 0.2) is 5.78 Å². The second kappa shape index (κ2) is 5.92. The highest BCUT2D eigenvalue weighted by Gasteiger charge is 2.32. The molecule has 0 saturated carbocycles. The Morgan fingerprint density at radius 3 is 2.43 bits per heavy atom. The van der Waals surface area contributed by atoms with Gasteiger partial charge in [-0.1, -0.05) is 12.1 Å². The van der Waals surface area contributed by atoms with Gasteiger partial charge in [-0.3, -0.25) is 4.79 Å². The molecule has 0 radical (unpaired) electrons. The van der Waals surface area contributed by atoms with E-state index in [4.69, 9.17) is 4.74 Å². The molecule has 0 bridgehead atoms. The smallest absolute Gasteiger partial charge is 0.446 e. The van der Waals surface area contributed by atoms with Gasteiger partial charge < -0.3 is 4.74 Å². The van der Waals surface area contributed by atoms with Crippen molar-refractivity contribution in [3.05, 3.63) is 59.2 Å². The van der Waals surface area contributed by atoms with Gasteiger partial charge in [0, 0.05) is 10.5 Å². The Morgan fingerprint density at radius 2 is 1.83 bits per heavy atom. The van der Waals surface area contributed by atoms with Crippen LogP contribution in [-0.2, 0) is 6.42 Å². The molecule has 23 heavy (non-hydrogen) atoms. The number of hydrogen-bond donors (Lipinski definition) is 0. The lowest BCUT2D eigenvalue weighted by Gasteiger charge is -2.10. The maximum absolute atomic E-state index is 12.5. The number of carbonyl (C=O) groups excluding carboxylic acids is 1. The molecular weight excluding hydrogens is 325 g/mol. The summed E-state index contributed by atoms with van der Waals surface area (Å²) in [5.74, 6) is 0.343. The highest BCUT2D eigenvalue weighted by atomic mass is 32.2. The number of methoxy groups -OCH3 is 1. The quantitative estimate of drug-likeness (QED) is 0.750. The molecule has 0 aliphatic heterocycles. The summed E-state index contributed by atoms with van der Waals surface area (Å²) in [7, 11) is 1.56. The maximum atomic E-state index is 12.5. The van der Waals surface area contributed by atoms with Gasteiger partial charge in [0.25, 0.3) is 0 Å². The number of hydrogen-bond acceptors (Lipinski definition) is 3. The van der Waals surface area contributed by atoms with E-state index in [-0.39, 0.29) is 28.4 Å². The van der Waals surface area contributed by atoms with Crippen LogP contribution in [0.4, 0.5) is 13.2 Å². The molecule has 0 N–H and O–H groups in total. The van der Waals surface area contributed by atoms with Gasteiger partial charge in [-0.25, -0.2) is 0 Å². The molecule has 1 atom stereocenters. The SMILES string of the molecule is COc1ccc2c(c1)CC(c1ccc(SC(F)(F)F)cc1)C2=O. The molecule has 0 heterocycles. The Morgan fingerprint density at radius 1 is 1.13 bits per heavy atom. The van der Waals surface area contributed by atoms with Crippen molar-refractivity contribution in [3.63, 3.8) is 0 Å². The van der Waals surface area contributed by atoms with Crippen LogP contribution in [0.15, 0.2) is 47.4 Å². The van der Waals surface area contributed by atoms with Crippen molar-refractivity contribution in [1.82, 2.24) is 0 Å². The van der Waals surface area contributed by atoms with Crippen molar-refractivity contribution in [2.75, 3.05) is 7.11 Å². The zero-order valence-electron chi connectivity index (χ0n) is 12.2. The summed E-state index contributed by atoms with van der Waals surface area (Å²) in [5, 5.41) is 0. The van der Waals surface area contributed by atoms with E-state index in [0.717, 1.165) is 11.1 Å². The number of halogens is 3. The van der Waals surface area contributed by atoms with Crippen LogP contribution in [0, 0.1) is 0 Å². The molecule has 2 nitrogen and oxygen atoms in total. The molecule has 1 aliphatic rings. The largest absolute Gasteiger partial charge is 0.497 e. The minimum absolute atomic E-state index is 0.00104. The number of thioether (sulfide) groups is 1. The Bertz CT molecular complexity index is 738. The molecule has 2 aromatic carbocycles. The molecule has 120 valence electrons. The van der Waals surface area contributed by atoms with Crippen molar-refractivity contribution < 1.29 is 22.7 Å². The number of benzene rings is 2. The number of Topliss-reactive ketones (excluding diaryl/α,β-unsaturated/α-hetero) is 1. The van der Waals surface area contributed by atoms with E-state index in [9.17, 15) is 18.0 Å². The number of rotatable bonds is 3. The van der Waals surface area contributed by atoms with E-state index in [2.05, 4.69) is 0 Å². The Labute approximate surface area is 135 Å². The second-order valence-electron chi connectivity index (χ2n) is 5.26. The standard InChI is InChI=1S/C17H13F3O2S/c1-22-12-4-7-14-11(8-12)9-15(16(14)21)10-2-5-13(6-3-10)23-17(18,19)20/h2-8,15H,9H2,1H3. The van der Waals surface area contributed by atoms with Crippen molar-refractivity contribution in [2.45, 2.75) is 22.7 Å². The molecule has 0 saturated heterocycles. The fourth-order valence-electron chi connectivity index (χ4n) is 2.78. The third-order valence-corrected chi connectivity index (χ3v) is 4.57. The van der Waals surface area contributed by atoms with Crippen LogP contribution in [0.5, 0.6) is 5.75 Å². The lowest BCUT2D eigenvalue weighted by molar-refractivity contribution is -0.0328. The predicted octanol–water partition coefficient (Wildman–Crippen LogP) is 4.83. The van der Waals surface area contributed by atoms with Crippen LogP contribution >= 0.6 is 11.8 Å². The van der Waals surface area contributed by atoms with Gasteiger partial charge in [-0.2, -0.15) is 13.2 Å². The van der Waals surface area contributed by atoms with Crippen LogP contribution in [-0.4, -0.2) is 18.4 Å². The summed E-state index contributed by atoms with van der Waals surface area (Å²) < 4.78 is 42.2. The zero-order chi connectivity index (χ0) is 16.6. The first-order chi connectivity index (χ1) is 10.9. The molecule has 3 rings (SSSR count). The van der Waals surface area contributed by atoms with Gasteiger partial charge in [-0.15, -0.1) is 0 Å². The van der Waals surface area contributed by atoms with Crippen LogP contribution in [0.3, 0.4) is 0 Å². The third-order valence-electron chi connectivity index (χ3n) is 3.83. The first kappa shape index (κ1) is 15.9. The maximum Gasteiger partial charge on any atom is 0.446 e. The minimum atomic E-state index is -4.31. The van der Waals surface area contributed by atoms with E-state index >= 15 is 0 Å². The van der Waals surface area contributed by atoms with Crippen molar-refractivity contribution in [3.8, 4) is 5.75 Å². The Hall–Kier alpha value is -1.95. The fraction of sp³-hybridized carbons (Fsp3) is 0.235. The first-order valence-electron chi connectivity index (χ1n) is 6.94. The lowest BCUT2D eigenvalue weighted by Crippen LogP contribution is -2.07. The third kappa shape index (κ3) is 3.37. The average molecular weight is 338 g/mol. The molecule has 0 fully saturated rings. The van der Waals surface area contributed by atoms with Gasteiger partial charge >= 0.3 is 5.51 Å². The zero-order valence-corrected chi connectivity index (χ0v) is 13.0. The number of ether oxygens (including phenoxy) is 1. The van der Waals surface area contributed by atoms with Gasteiger partial charge in [0.2, 0.25) is 0 Å². The highest BCUT2D eigenvalue weighted by molar-refractivity contribution is 8.00. The van der Waals surface area contributed by atoms with Crippen LogP contribution < -0.4 is 4.74 Å². The van der Waals surface area contributed by atoms with E-state index < -0.39 is 5.51 Å². The minimum Gasteiger partial charge on any atom is -0.497 e. The fourth-order valence-corrected chi connectivity index (χ4v) is 3.32. The van der Waals surface area contributed by atoms with Crippen molar-refractivity contribution in [1.29, 1.82) is 0 Å². The summed E-state index contributed by atoms with van der Waals surface area (Å²) in [6.45, 7) is 0. The van der Waals surface area contributed by atoms with Crippen LogP contribution in [0.25, 0.3) is 0 Å². The second-order valence-corrected chi connectivity index (χ2v) is 6.40. The van der Waals surface area contributed by atoms with E-state index in [1.807, 2.05) is 6.07 Å². The first-order valence-corrected chi connectivity index (χ1v) is 7.76. The van der Waals surface area contributed by atoms with Gasteiger partial charge in [0.05, 0.1) is 13.0 Å². The van der Waals surface area contributed by atoms with E-state index in [1.54, 1.807) is 31.4 Å². The molecular formula is C17H13F3O2S. The van der Waals surface area contributed by atoms with Gasteiger partial charge in [0.1, 0.15) is 5.75 Å². The van der Waals surface area contributed by atoms with Crippen molar-refractivity contribution >= 4 is 17.5 Å². The topological polar surface area (TPSA) is 26.3 Å². The number of alkyl halides is 3. The summed E-state index contributed by atoms with van der Waals surface area (Å²) in [6, 6.07) is 11.3. The molecule has 0 amide bonds.